The van der Waals surface area contributed by atoms with E-state index in [0.717, 1.165) is 30.4 Å². The Hall–Kier alpha value is -3.47. The summed E-state index contributed by atoms with van der Waals surface area (Å²) in [6.07, 6.45) is 5.07. The molecule has 0 heterocycles. The number of allylic oxidation sites excluding steroid dienone is 3. The van der Waals surface area contributed by atoms with Gasteiger partial charge in [0, 0.05) is 11.8 Å². The molecule has 7 heteroatoms. The molecular formula is C32H27NO4S2. The van der Waals surface area contributed by atoms with Gasteiger partial charge in [-0.1, -0.05) is 71.3 Å². The monoisotopic (exact) mass is 553 g/mol. The summed E-state index contributed by atoms with van der Waals surface area (Å²) in [5.41, 5.74) is 4.68. The average molecular weight is 554 g/mol. The van der Waals surface area contributed by atoms with Gasteiger partial charge in [-0.15, -0.1) is 0 Å². The number of hydrogen-bond acceptors (Lipinski definition) is 5. The number of sulfone groups is 2. The van der Waals surface area contributed by atoms with E-state index in [2.05, 4.69) is 6.07 Å². The van der Waals surface area contributed by atoms with Gasteiger partial charge in [0.2, 0.25) is 0 Å². The molecule has 0 amide bonds. The van der Waals surface area contributed by atoms with E-state index in [0.29, 0.717) is 17.4 Å². The van der Waals surface area contributed by atoms with Crippen LogP contribution in [-0.2, 0) is 19.7 Å². The molecule has 3 aromatic carbocycles. The molecular weight excluding hydrogens is 526 g/mol. The van der Waals surface area contributed by atoms with Crippen LogP contribution >= 0.6 is 0 Å². The molecule has 0 saturated heterocycles. The maximum atomic E-state index is 14.4. The third-order valence-electron chi connectivity index (χ3n) is 9.25. The first kappa shape index (κ1) is 24.6. The molecule has 6 atom stereocenters. The van der Waals surface area contributed by atoms with Gasteiger partial charge in [0.25, 0.3) is 0 Å². The van der Waals surface area contributed by atoms with Crippen molar-refractivity contribution in [3.8, 4) is 6.07 Å². The Kier molecular flexibility index (Phi) is 5.52. The molecule has 2 saturated carbocycles. The third-order valence-corrected chi connectivity index (χ3v) is 13.8. The highest BCUT2D eigenvalue weighted by Crippen LogP contribution is 2.68. The van der Waals surface area contributed by atoms with E-state index in [-0.39, 0.29) is 9.79 Å². The van der Waals surface area contributed by atoms with E-state index < -0.39 is 42.0 Å². The summed E-state index contributed by atoms with van der Waals surface area (Å²) in [6, 6.07) is 25.9. The summed E-state index contributed by atoms with van der Waals surface area (Å²) in [6.45, 7) is 0. The Balaban J connectivity index is 1.48. The predicted molar refractivity (Wildman–Crippen MR) is 149 cm³/mol. The first-order valence-corrected chi connectivity index (χ1v) is 16.4. The van der Waals surface area contributed by atoms with Crippen LogP contribution < -0.4 is 0 Å². The summed E-state index contributed by atoms with van der Waals surface area (Å²) in [5.74, 6) is -0.300. The SMILES string of the molecule is N#Cc1ccc(C=C2[C@H]3C4=C([C@H]5CC[C@H]4C5)[C@H]2[C@@H](S(=O)(=O)c2ccccc2)[C@@H]3S(=O)(=O)c2ccccc2)cc1. The molecule has 3 aromatic rings. The van der Waals surface area contributed by atoms with Gasteiger partial charge in [-0.3, -0.25) is 0 Å². The molecule has 39 heavy (non-hydrogen) atoms. The zero-order valence-electron chi connectivity index (χ0n) is 21.1. The van der Waals surface area contributed by atoms with E-state index >= 15 is 0 Å². The van der Waals surface area contributed by atoms with Crippen LogP contribution in [0.15, 0.2) is 111 Å². The normalized spacial score (nSPS) is 28.9. The summed E-state index contributed by atoms with van der Waals surface area (Å²) >= 11 is 0. The van der Waals surface area contributed by atoms with Crippen molar-refractivity contribution >= 4 is 25.8 Å². The van der Waals surface area contributed by atoms with Gasteiger partial charge in [0.1, 0.15) is 0 Å². The third kappa shape index (κ3) is 3.54. The van der Waals surface area contributed by atoms with E-state index in [1.807, 2.05) is 18.2 Å². The summed E-state index contributed by atoms with van der Waals surface area (Å²) in [5, 5.41) is 7.04. The van der Waals surface area contributed by atoms with Crippen LogP contribution in [0.3, 0.4) is 0 Å². The number of rotatable bonds is 5. The quantitative estimate of drug-likeness (QED) is 0.302. The van der Waals surface area contributed by atoms with Gasteiger partial charge in [0.05, 0.1) is 31.9 Å². The molecule has 7 rings (SSSR count). The molecule has 0 spiro atoms. The van der Waals surface area contributed by atoms with E-state index in [1.54, 1.807) is 72.8 Å². The fourth-order valence-electron chi connectivity index (χ4n) is 7.82. The van der Waals surface area contributed by atoms with Gasteiger partial charge in [0.15, 0.2) is 19.7 Å². The molecule has 0 aliphatic heterocycles. The summed E-state index contributed by atoms with van der Waals surface area (Å²) in [4.78, 5) is 0.331. The Morgan fingerprint density at radius 3 is 1.56 bits per heavy atom. The lowest BCUT2D eigenvalue weighted by molar-refractivity contribution is 0.494. The maximum absolute atomic E-state index is 14.4. The molecule has 0 radical (unpaired) electrons. The number of nitriles is 1. The molecule has 0 unspecified atom stereocenters. The van der Waals surface area contributed by atoms with E-state index in [1.165, 1.54) is 11.1 Å². The first-order chi connectivity index (χ1) is 18.8. The van der Waals surface area contributed by atoms with Crippen molar-refractivity contribution < 1.29 is 16.8 Å². The van der Waals surface area contributed by atoms with Crippen LogP contribution in [0.5, 0.6) is 0 Å². The summed E-state index contributed by atoms with van der Waals surface area (Å²) in [7, 11) is -8.00. The van der Waals surface area contributed by atoms with Crippen LogP contribution in [0.1, 0.15) is 30.4 Å². The van der Waals surface area contributed by atoms with Crippen molar-refractivity contribution in [2.24, 2.45) is 23.7 Å². The van der Waals surface area contributed by atoms with Crippen molar-refractivity contribution in [2.75, 3.05) is 0 Å². The lowest BCUT2D eigenvalue weighted by atomic mass is 9.82. The Bertz CT molecular complexity index is 1680. The predicted octanol–water partition coefficient (Wildman–Crippen LogP) is 5.61. The van der Waals surface area contributed by atoms with Crippen molar-refractivity contribution in [1.29, 1.82) is 5.26 Å². The second-order valence-corrected chi connectivity index (χ2v) is 15.3. The van der Waals surface area contributed by atoms with Crippen LogP contribution in [0.4, 0.5) is 0 Å². The number of hydrogen-bond donors (Lipinski definition) is 0. The minimum absolute atomic E-state index is 0.166. The number of fused-ring (bicyclic) bond motifs is 8. The van der Waals surface area contributed by atoms with Gasteiger partial charge in [-0.2, -0.15) is 5.26 Å². The second-order valence-electron chi connectivity index (χ2n) is 11.1. The largest absolute Gasteiger partial charge is 0.223 e. The smallest absolute Gasteiger partial charge is 0.183 e. The Morgan fingerprint density at radius 2 is 1.13 bits per heavy atom. The lowest BCUT2D eigenvalue weighted by Crippen LogP contribution is -2.45. The highest BCUT2D eigenvalue weighted by molar-refractivity contribution is 7.96. The first-order valence-electron chi connectivity index (χ1n) is 13.4. The molecule has 0 aromatic heterocycles. The minimum Gasteiger partial charge on any atom is -0.223 e. The number of nitrogens with zero attached hydrogens (tertiary/aromatic N) is 1. The highest BCUT2D eigenvalue weighted by Gasteiger charge is 2.67. The zero-order valence-corrected chi connectivity index (χ0v) is 22.8. The minimum atomic E-state index is -4.00. The second kappa shape index (κ2) is 8.77. The van der Waals surface area contributed by atoms with Crippen LogP contribution in [0, 0.1) is 35.0 Å². The van der Waals surface area contributed by atoms with Gasteiger partial charge >= 0.3 is 0 Å². The molecule has 4 aliphatic rings. The molecule has 196 valence electrons. The van der Waals surface area contributed by atoms with Crippen molar-refractivity contribution in [3.05, 3.63) is 113 Å². The van der Waals surface area contributed by atoms with Gasteiger partial charge < -0.3 is 0 Å². The van der Waals surface area contributed by atoms with E-state index in [4.69, 9.17) is 0 Å². The van der Waals surface area contributed by atoms with Crippen molar-refractivity contribution in [2.45, 2.75) is 39.6 Å². The average Bonchev–Trinajstić information content (AvgIpc) is 3.73. The van der Waals surface area contributed by atoms with Gasteiger partial charge in [-0.25, -0.2) is 16.8 Å². The molecule has 5 nitrogen and oxygen atoms in total. The topological polar surface area (TPSA) is 92.1 Å². The maximum Gasteiger partial charge on any atom is 0.183 e. The Labute approximate surface area is 229 Å². The number of benzene rings is 3. The lowest BCUT2D eigenvalue weighted by Gasteiger charge is -2.35. The molecule has 0 N–H and O–H groups in total. The van der Waals surface area contributed by atoms with E-state index in [9.17, 15) is 22.1 Å². The summed E-state index contributed by atoms with van der Waals surface area (Å²) < 4.78 is 57.8. The molecule has 4 bridgehead atoms. The standard InChI is InChI=1S/C32H27NO4S2/c33-19-21-13-11-20(12-14-21)17-26-29-27-22-15-16-23(18-22)28(27)30(26)32(39(36,37)25-9-5-2-6-10-25)31(29)38(34,35)24-7-3-1-4-8-24/h1-14,17,22-23,29-32H,15-16,18H2/t22-,23-,29-,30-,31+,32+/m0/s1. The van der Waals surface area contributed by atoms with Crippen molar-refractivity contribution in [3.63, 3.8) is 0 Å². The van der Waals surface area contributed by atoms with Crippen molar-refractivity contribution in [1.82, 2.24) is 0 Å². The van der Waals surface area contributed by atoms with Crippen LogP contribution in [0.25, 0.3) is 6.08 Å². The van der Waals surface area contributed by atoms with Gasteiger partial charge in [-0.05, 0) is 73.1 Å². The molecule has 2 fully saturated rings. The highest BCUT2D eigenvalue weighted by atomic mass is 32.2. The Morgan fingerprint density at radius 1 is 0.667 bits per heavy atom. The zero-order chi connectivity index (χ0) is 26.9. The van der Waals surface area contributed by atoms with Crippen LogP contribution in [0.2, 0.25) is 0 Å². The van der Waals surface area contributed by atoms with Crippen LogP contribution in [-0.4, -0.2) is 27.3 Å². The fourth-order valence-corrected chi connectivity index (χ4v) is 12.7. The molecule has 4 aliphatic carbocycles. The fraction of sp³-hybridized carbons (Fsp3) is 0.281.